The van der Waals surface area contributed by atoms with E-state index in [1.807, 2.05) is 0 Å². The molecule has 0 aliphatic heterocycles. The van der Waals surface area contributed by atoms with Crippen molar-refractivity contribution >= 4 is 42.3 Å². The number of alkyl halides is 3. The van der Waals surface area contributed by atoms with Gasteiger partial charge < -0.3 is 4.74 Å². The third-order valence-electron chi connectivity index (χ3n) is 1.48. The highest BCUT2D eigenvalue weighted by molar-refractivity contribution is 14.1. The summed E-state index contributed by atoms with van der Waals surface area (Å²) in [5.41, 5.74) is 0.0453. The first-order valence-electron chi connectivity index (χ1n) is 3.88. The van der Waals surface area contributed by atoms with Gasteiger partial charge in [0.25, 0.3) is 9.05 Å². The maximum Gasteiger partial charge on any atom is 0.573 e. The van der Waals surface area contributed by atoms with Crippen molar-refractivity contribution in [1.29, 1.82) is 0 Å². The zero-order valence-corrected chi connectivity index (χ0v) is 11.8. The standard InChI is InChI=1S/C7H4ClF3INO3S/c1-3-2-4(16-7(9,10)11)5(12)6(13-3)17(8,14)15/h2H,1H3. The Morgan fingerprint density at radius 1 is 1.47 bits per heavy atom. The average molecular weight is 402 g/mol. The smallest absolute Gasteiger partial charge is 0.404 e. The summed E-state index contributed by atoms with van der Waals surface area (Å²) in [6.07, 6.45) is -4.92. The number of nitrogens with zero attached hydrogens (tertiary/aromatic N) is 1. The van der Waals surface area contributed by atoms with Crippen LogP contribution >= 0.6 is 33.3 Å². The second kappa shape index (κ2) is 4.76. The fourth-order valence-corrected chi connectivity index (χ4v) is 3.51. The fourth-order valence-electron chi connectivity index (χ4n) is 0.960. The highest BCUT2D eigenvalue weighted by Crippen LogP contribution is 2.32. The van der Waals surface area contributed by atoms with Gasteiger partial charge in [0.2, 0.25) is 0 Å². The number of ether oxygens (including phenoxy) is 1. The number of aromatic nitrogens is 1. The molecule has 0 saturated heterocycles. The minimum atomic E-state index is -4.92. The molecule has 0 amide bonds. The van der Waals surface area contributed by atoms with Crippen LogP contribution in [-0.4, -0.2) is 19.8 Å². The first-order chi connectivity index (χ1) is 7.50. The van der Waals surface area contributed by atoms with Gasteiger partial charge in [0.1, 0.15) is 5.75 Å². The molecule has 0 aromatic carbocycles. The Morgan fingerprint density at radius 2 is 2.00 bits per heavy atom. The molecule has 10 heteroatoms. The van der Waals surface area contributed by atoms with Crippen molar-refractivity contribution in [1.82, 2.24) is 4.98 Å². The Hall–Kier alpha value is -0.290. The molecule has 0 aliphatic rings. The number of halogens is 5. The zero-order valence-electron chi connectivity index (χ0n) is 8.05. The molecule has 0 N–H and O–H groups in total. The van der Waals surface area contributed by atoms with Gasteiger partial charge in [0.05, 0.1) is 3.57 Å². The molecule has 0 aliphatic carbocycles. The predicted molar refractivity (Wildman–Crippen MR) is 61.4 cm³/mol. The molecule has 4 nitrogen and oxygen atoms in total. The lowest BCUT2D eigenvalue weighted by Gasteiger charge is -2.12. The van der Waals surface area contributed by atoms with E-state index >= 15 is 0 Å². The van der Waals surface area contributed by atoms with Crippen LogP contribution < -0.4 is 4.74 Å². The van der Waals surface area contributed by atoms with Gasteiger partial charge in [-0.3, -0.25) is 0 Å². The first kappa shape index (κ1) is 14.8. The second-order valence-corrected chi connectivity index (χ2v) is 6.43. The summed E-state index contributed by atoms with van der Waals surface area (Å²) >= 11 is 1.37. The van der Waals surface area contributed by atoms with Gasteiger partial charge >= 0.3 is 6.36 Å². The minimum Gasteiger partial charge on any atom is -0.404 e. The van der Waals surface area contributed by atoms with Crippen molar-refractivity contribution < 1.29 is 26.3 Å². The number of hydrogen-bond donors (Lipinski definition) is 0. The third kappa shape index (κ3) is 4.14. The zero-order chi connectivity index (χ0) is 13.4. The molecule has 96 valence electrons. The maximum atomic E-state index is 12.1. The van der Waals surface area contributed by atoms with Crippen molar-refractivity contribution in [3.63, 3.8) is 0 Å². The maximum absolute atomic E-state index is 12.1. The number of rotatable bonds is 2. The van der Waals surface area contributed by atoms with Crippen LogP contribution in [0.1, 0.15) is 5.69 Å². The Labute approximate surface area is 113 Å². The van der Waals surface area contributed by atoms with E-state index in [4.69, 9.17) is 10.7 Å². The highest BCUT2D eigenvalue weighted by atomic mass is 127. The van der Waals surface area contributed by atoms with Gasteiger partial charge in [-0.15, -0.1) is 13.2 Å². The van der Waals surface area contributed by atoms with Crippen molar-refractivity contribution in [2.24, 2.45) is 0 Å². The Kier molecular flexibility index (Phi) is 4.14. The second-order valence-electron chi connectivity index (χ2n) is 2.87. The van der Waals surface area contributed by atoms with Gasteiger partial charge in [-0.1, -0.05) is 0 Å². The Bertz CT molecular complexity index is 546. The number of aryl methyl sites for hydroxylation is 1. The minimum absolute atomic E-state index is 0.0453. The molecule has 1 rings (SSSR count). The molecule has 1 heterocycles. The summed E-state index contributed by atoms with van der Waals surface area (Å²) in [5, 5.41) is -0.654. The van der Waals surface area contributed by atoms with E-state index in [9.17, 15) is 21.6 Å². The van der Waals surface area contributed by atoms with Crippen LogP contribution in [0.15, 0.2) is 11.1 Å². The van der Waals surface area contributed by atoms with Crippen molar-refractivity contribution in [2.75, 3.05) is 0 Å². The number of hydrogen-bond acceptors (Lipinski definition) is 4. The van der Waals surface area contributed by atoms with Gasteiger partial charge in [0.15, 0.2) is 5.03 Å². The van der Waals surface area contributed by atoms with Crippen LogP contribution in [0, 0.1) is 10.5 Å². The largest absolute Gasteiger partial charge is 0.573 e. The van der Waals surface area contributed by atoms with Gasteiger partial charge in [0, 0.05) is 22.4 Å². The summed E-state index contributed by atoms with van der Waals surface area (Å²) in [4.78, 5) is 3.56. The molecule has 0 saturated carbocycles. The first-order valence-corrected chi connectivity index (χ1v) is 7.27. The van der Waals surface area contributed by atoms with E-state index in [1.54, 1.807) is 0 Å². The molecule has 1 aromatic heterocycles. The molecule has 0 atom stereocenters. The summed E-state index contributed by atoms with van der Waals surface area (Å²) in [7, 11) is 0.819. The average Bonchev–Trinajstić information content (AvgIpc) is 2.06. The summed E-state index contributed by atoms with van der Waals surface area (Å²) in [5.74, 6) is -0.648. The van der Waals surface area contributed by atoms with Gasteiger partial charge in [-0.25, -0.2) is 13.4 Å². The van der Waals surface area contributed by atoms with Crippen LogP contribution in [0.4, 0.5) is 13.2 Å². The summed E-state index contributed by atoms with van der Waals surface area (Å²) < 4.78 is 61.7. The van der Waals surface area contributed by atoms with E-state index in [1.165, 1.54) is 29.5 Å². The topological polar surface area (TPSA) is 56.3 Å². The number of pyridine rings is 1. The van der Waals surface area contributed by atoms with Gasteiger partial charge in [-0.05, 0) is 29.5 Å². The van der Waals surface area contributed by atoms with E-state index in [0.29, 0.717) is 0 Å². The normalized spacial score (nSPS) is 12.6. The molecule has 1 aromatic rings. The molecule has 0 radical (unpaired) electrons. The summed E-state index contributed by atoms with van der Waals surface area (Å²) in [6, 6.07) is 0.973. The third-order valence-corrected chi connectivity index (χ3v) is 4.08. The van der Waals surface area contributed by atoms with Crippen LogP contribution in [0.2, 0.25) is 0 Å². The van der Waals surface area contributed by atoms with Crippen LogP contribution in [0.25, 0.3) is 0 Å². The molecule has 0 unspecified atom stereocenters. The van der Waals surface area contributed by atoms with E-state index in [-0.39, 0.29) is 9.26 Å². The lowest BCUT2D eigenvalue weighted by atomic mass is 10.3. The quantitative estimate of drug-likeness (QED) is 0.565. The highest BCUT2D eigenvalue weighted by Gasteiger charge is 2.33. The van der Waals surface area contributed by atoms with E-state index in [2.05, 4.69) is 9.72 Å². The fraction of sp³-hybridized carbons (Fsp3) is 0.286. The van der Waals surface area contributed by atoms with Crippen molar-refractivity contribution in [3.8, 4) is 5.75 Å². The van der Waals surface area contributed by atoms with Crippen molar-refractivity contribution in [2.45, 2.75) is 18.3 Å². The van der Waals surface area contributed by atoms with E-state index < -0.39 is 26.2 Å². The van der Waals surface area contributed by atoms with Gasteiger partial charge in [-0.2, -0.15) is 0 Å². The molecular formula is C7H4ClF3INO3S. The van der Waals surface area contributed by atoms with Crippen LogP contribution in [0.5, 0.6) is 5.75 Å². The monoisotopic (exact) mass is 401 g/mol. The van der Waals surface area contributed by atoms with Crippen LogP contribution in [-0.2, 0) is 9.05 Å². The lowest BCUT2D eigenvalue weighted by Crippen LogP contribution is -2.19. The SMILES string of the molecule is Cc1cc(OC(F)(F)F)c(I)c(S(=O)(=O)Cl)n1. The molecule has 17 heavy (non-hydrogen) atoms. The lowest BCUT2D eigenvalue weighted by molar-refractivity contribution is -0.275. The Morgan fingerprint density at radius 3 is 2.41 bits per heavy atom. The molecule has 0 fully saturated rings. The Balaban J connectivity index is 3.40. The van der Waals surface area contributed by atoms with Crippen molar-refractivity contribution in [3.05, 3.63) is 15.3 Å². The molecule has 0 bridgehead atoms. The molecular weight excluding hydrogens is 397 g/mol. The van der Waals surface area contributed by atoms with E-state index in [0.717, 1.165) is 6.07 Å². The predicted octanol–water partition coefficient (Wildman–Crippen LogP) is 2.82. The van der Waals surface area contributed by atoms with Crippen LogP contribution in [0.3, 0.4) is 0 Å². The summed E-state index contributed by atoms with van der Waals surface area (Å²) in [6.45, 7) is 1.32. The molecule has 0 spiro atoms.